The van der Waals surface area contributed by atoms with Gasteiger partial charge in [0.15, 0.2) is 0 Å². The first-order valence-corrected chi connectivity index (χ1v) is 8.27. The summed E-state index contributed by atoms with van der Waals surface area (Å²) in [6, 6.07) is 6.74. The van der Waals surface area contributed by atoms with Crippen molar-refractivity contribution in [2.75, 3.05) is 38.7 Å². The van der Waals surface area contributed by atoms with Crippen molar-refractivity contribution in [3.05, 3.63) is 28.2 Å². The van der Waals surface area contributed by atoms with E-state index in [2.05, 4.69) is 46.1 Å². The van der Waals surface area contributed by atoms with Crippen molar-refractivity contribution >= 4 is 21.6 Å². The summed E-state index contributed by atoms with van der Waals surface area (Å²) in [6.07, 6.45) is 0.232. The van der Waals surface area contributed by atoms with Crippen LogP contribution in [0.3, 0.4) is 0 Å². The van der Waals surface area contributed by atoms with Crippen LogP contribution in [-0.2, 0) is 16.1 Å². The van der Waals surface area contributed by atoms with Crippen LogP contribution in [0.2, 0.25) is 0 Å². The number of benzene rings is 1. The molecule has 1 atom stereocenters. The third kappa shape index (κ3) is 4.68. The minimum absolute atomic E-state index is 0.232. The molecule has 1 saturated heterocycles. The van der Waals surface area contributed by atoms with E-state index in [1.807, 2.05) is 12.1 Å². The molecule has 4 nitrogen and oxygen atoms in total. The molecule has 118 valence electrons. The van der Waals surface area contributed by atoms with Gasteiger partial charge in [0, 0.05) is 48.5 Å². The Labute approximate surface area is 135 Å². The Hall–Kier alpha value is -0.620. The van der Waals surface area contributed by atoms with Crippen LogP contribution < -0.4 is 5.32 Å². The van der Waals surface area contributed by atoms with Gasteiger partial charge in [-0.2, -0.15) is 0 Å². The second kappa shape index (κ2) is 8.13. The van der Waals surface area contributed by atoms with Crippen LogP contribution in [0.15, 0.2) is 22.7 Å². The number of morpholine rings is 1. The molecule has 21 heavy (non-hydrogen) atoms. The number of nitrogens with one attached hydrogen (secondary N) is 1. The van der Waals surface area contributed by atoms with Gasteiger partial charge in [-0.25, -0.2) is 0 Å². The zero-order chi connectivity index (χ0) is 15.2. The number of halogens is 1. The fourth-order valence-electron chi connectivity index (χ4n) is 2.57. The quantitative estimate of drug-likeness (QED) is 0.848. The van der Waals surface area contributed by atoms with E-state index in [0.29, 0.717) is 12.6 Å². The number of ether oxygens (including phenoxy) is 2. The average molecular weight is 357 g/mol. The van der Waals surface area contributed by atoms with Gasteiger partial charge in [-0.3, -0.25) is 4.90 Å². The Balaban J connectivity index is 1.95. The minimum atomic E-state index is 0.232. The van der Waals surface area contributed by atoms with Gasteiger partial charge in [0.25, 0.3) is 0 Å². The molecule has 0 amide bonds. The Kier molecular flexibility index (Phi) is 6.48. The van der Waals surface area contributed by atoms with Crippen molar-refractivity contribution in [2.45, 2.75) is 32.6 Å². The lowest BCUT2D eigenvalue weighted by atomic mass is 10.1. The van der Waals surface area contributed by atoms with Crippen LogP contribution in [0.4, 0.5) is 5.69 Å². The van der Waals surface area contributed by atoms with Gasteiger partial charge >= 0.3 is 0 Å². The molecule has 1 heterocycles. The molecule has 1 aromatic rings. The summed E-state index contributed by atoms with van der Waals surface area (Å²) in [5, 5.41) is 3.51. The van der Waals surface area contributed by atoms with Crippen LogP contribution in [0.25, 0.3) is 0 Å². The summed E-state index contributed by atoms with van der Waals surface area (Å²) >= 11 is 3.58. The van der Waals surface area contributed by atoms with Crippen LogP contribution in [-0.4, -0.2) is 50.4 Å². The predicted octanol–water partition coefficient (Wildman–Crippen LogP) is 3.12. The number of hydrogen-bond acceptors (Lipinski definition) is 4. The fourth-order valence-corrected chi connectivity index (χ4v) is 3.05. The SMILES string of the molecule is COCc1c(Br)cccc1NCC1CN(C(C)C)CCO1. The molecule has 5 heteroatoms. The molecule has 0 saturated carbocycles. The van der Waals surface area contributed by atoms with E-state index in [-0.39, 0.29) is 6.10 Å². The maximum Gasteiger partial charge on any atom is 0.0874 e. The number of nitrogens with zero attached hydrogens (tertiary/aromatic N) is 1. The third-order valence-corrected chi connectivity index (χ3v) is 4.57. The Bertz CT molecular complexity index is 454. The summed E-state index contributed by atoms with van der Waals surface area (Å²) in [4.78, 5) is 2.47. The highest BCUT2D eigenvalue weighted by molar-refractivity contribution is 9.10. The summed E-state index contributed by atoms with van der Waals surface area (Å²) in [5.74, 6) is 0. The Morgan fingerprint density at radius 1 is 1.48 bits per heavy atom. The van der Waals surface area contributed by atoms with Crippen molar-refractivity contribution in [2.24, 2.45) is 0 Å². The second-order valence-corrected chi connectivity index (χ2v) is 6.52. The van der Waals surface area contributed by atoms with E-state index in [1.54, 1.807) is 7.11 Å². The summed E-state index contributed by atoms with van der Waals surface area (Å²) in [5.41, 5.74) is 2.26. The van der Waals surface area contributed by atoms with Gasteiger partial charge < -0.3 is 14.8 Å². The lowest BCUT2D eigenvalue weighted by Crippen LogP contribution is -2.48. The molecule has 1 N–H and O–H groups in total. The van der Waals surface area contributed by atoms with Gasteiger partial charge in [0.2, 0.25) is 0 Å². The third-order valence-electron chi connectivity index (χ3n) is 3.83. The van der Waals surface area contributed by atoms with Gasteiger partial charge in [-0.1, -0.05) is 22.0 Å². The molecule has 1 unspecified atom stereocenters. The zero-order valence-corrected chi connectivity index (χ0v) is 14.6. The molecule has 1 fully saturated rings. The first-order chi connectivity index (χ1) is 10.1. The van der Waals surface area contributed by atoms with Crippen molar-refractivity contribution in [1.29, 1.82) is 0 Å². The molecule has 0 spiro atoms. The topological polar surface area (TPSA) is 33.7 Å². The van der Waals surface area contributed by atoms with Gasteiger partial charge in [0.1, 0.15) is 0 Å². The van der Waals surface area contributed by atoms with E-state index in [0.717, 1.165) is 42.0 Å². The maximum absolute atomic E-state index is 5.86. The van der Waals surface area contributed by atoms with Crippen LogP contribution in [0, 0.1) is 0 Å². The maximum atomic E-state index is 5.86. The van der Waals surface area contributed by atoms with Crippen LogP contribution in [0.1, 0.15) is 19.4 Å². The standard InChI is InChI=1S/C16H25BrN2O2/c1-12(2)19-7-8-21-13(10-19)9-18-16-6-4-5-15(17)14(16)11-20-3/h4-6,12-13,18H,7-11H2,1-3H3. The van der Waals surface area contributed by atoms with Crippen molar-refractivity contribution in [3.63, 3.8) is 0 Å². The van der Waals surface area contributed by atoms with Crippen LogP contribution >= 0.6 is 15.9 Å². The summed E-state index contributed by atoms with van der Waals surface area (Å²) in [6.45, 7) is 8.71. The molecule has 2 rings (SSSR count). The number of methoxy groups -OCH3 is 1. The highest BCUT2D eigenvalue weighted by Crippen LogP contribution is 2.25. The van der Waals surface area contributed by atoms with E-state index in [9.17, 15) is 0 Å². The number of rotatable bonds is 6. The van der Waals surface area contributed by atoms with E-state index >= 15 is 0 Å². The molecule has 0 bridgehead atoms. The number of hydrogen-bond donors (Lipinski definition) is 1. The van der Waals surface area contributed by atoms with Crippen molar-refractivity contribution in [1.82, 2.24) is 4.90 Å². The highest BCUT2D eigenvalue weighted by Gasteiger charge is 2.22. The Morgan fingerprint density at radius 2 is 2.29 bits per heavy atom. The zero-order valence-electron chi connectivity index (χ0n) is 13.1. The summed E-state index contributed by atoms with van der Waals surface area (Å²) < 4.78 is 12.2. The van der Waals surface area contributed by atoms with Crippen molar-refractivity contribution in [3.8, 4) is 0 Å². The van der Waals surface area contributed by atoms with E-state index in [1.165, 1.54) is 0 Å². The smallest absolute Gasteiger partial charge is 0.0874 e. The van der Waals surface area contributed by atoms with Crippen molar-refractivity contribution < 1.29 is 9.47 Å². The summed E-state index contributed by atoms with van der Waals surface area (Å²) in [7, 11) is 1.72. The van der Waals surface area contributed by atoms with Gasteiger partial charge in [-0.05, 0) is 26.0 Å². The average Bonchev–Trinajstić information content (AvgIpc) is 2.48. The number of anilines is 1. The molecule has 1 aliphatic heterocycles. The van der Waals surface area contributed by atoms with Gasteiger partial charge in [0.05, 0.1) is 19.3 Å². The second-order valence-electron chi connectivity index (χ2n) is 5.66. The van der Waals surface area contributed by atoms with Gasteiger partial charge in [-0.15, -0.1) is 0 Å². The molecule has 0 radical (unpaired) electrons. The largest absolute Gasteiger partial charge is 0.382 e. The monoisotopic (exact) mass is 356 g/mol. The first-order valence-electron chi connectivity index (χ1n) is 7.47. The predicted molar refractivity (Wildman–Crippen MR) is 89.8 cm³/mol. The van der Waals surface area contributed by atoms with E-state index < -0.39 is 0 Å². The Morgan fingerprint density at radius 3 is 3.00 bits per heavy atom. The van der Waals surface area contributed by atoms with E-state index in [4.69, 9.17) is 9.47 Å². The first kappa shape index (κ1) is 16.7. The lowest BCUT2D eigenvalue weighted by Gasteiger charge is -2.35. The molecule has 0 aliphatic carbocycles. The minimum Gasteiger partial charge on any atom is -0.382 e. The molecule has 1 aromatic carbocycles. The molecule has 0 aromatic heterocycles. The normalized spacial score (nSPS) is 20.0. The lowest BCUT2D eigenvalue weighted by molar-refractivity contribution is -0.0315. The molecule has 1 aliphatic rings. The highest BCUT2D eigenvalue weighted by atomic mass is 79.9. The fraction of sp³-hybridized carbons (Fsp3) is 0.625. The molecular weight excluding hydrogens is 332 g/mol. The molecular formula is C16H25BrN2O2. The van der Waals surface area contributed by atoms with Crippen LogP contribution in [0.5, 0.6) is 0 Å².